The van der Waals surface area contributed by atoms with Crippen molar-refractivity contribution in [3.05, 3.63) is 115 Å². The van der Waals surface area contributed by atoms with Crippen molar-refractivity contribution >= 4 is 217 Å². The highest BCUT2D eigenvalue weighted by molar-refractivity contribution is 6.71. The molecule has 2 aromatic heterocycles. The van der Waals surface area contributed by atoms with E-state index in [9.17, 15) is 0 Å². The van der Waals surface area contributed by atoms with Crippen molar-refractivity contribution in [1.29, 1.82) is 0 Å². The summed E-state index contributed by atoms with van der Waals surface area (Å²) in [5.74, 6) is 0. The molecule has 0 atom stereocenters. The van der Waals surface area contributed by atoms with Crippen molar-refractivity contribution in [3.63, 3.8) is 0 Å². The normalized spacial score (nSPS) is 11.7. The van der Waals surface area contributed by atoms with Gasteiger partial charge in [-0.1, -0.05) is 146 Å². The topological polar surface area (TPSA) is 9.86 Å². The van der Waals surface area contributed by atoms with Gasteiger partial charge in [0.25, 0.3) is 0 Å². The van der Waals surface area contributed by atoms with Crippen LogP contribution in [0.15, 0.2) is 115 Å². The lowest BCUT2D eigenvalue weighted by atomic mass is 9.61. The highest BCUT2D eigenvalue weighted by atomic mass is 15.0. The van der Waals surface area contributed by atoms with E-state index in [1.54, 1.807) is 0 Å². The van der Waals surface area contributed by atoms with E-state index in [2.05, 4.69) is 0 Å². The molecule has 0 N–H and O–H groups in total. The number of aromatic nitrogens is 2. The summed E-state index contributed by atoms with van der Waals surface area (Å²) in [4.78, 5) is 0. The minimum absolute atomic E-state index is 0.0681. The average Bonchev–Trinajstić information content (AvgIpc) is 3.86. The first-order chi connectivity index (χ1) is 30.3. The third kappa shape index (κ3) is 5.84. The standard InChI is InChI=1S/C48H19B13N2/c49-32-27(35(52)41(58)46-29(32)26-25(22-12-6-2-7-13-22)34(51)39(56)43(60)45(26)62(46)23-14-8-3-9-15-23)28-33(50)30-31-37(54)38(55)40(57)44(61)48(31)63(47(30)42(59)36(28)53)24-18-16-21(17-19-24)20-10-4-1-5-11-20/h1-19H. The SMILES string of the molecule is [B]c1c([B])c([B])c2c(c1[B])c1c([B])c(-c3c([B])c([B])c4c(c3[B])c3c(-c5ccccc5)c([B])c([B])c([B])c3n4-c3ccccc3)c([B])c([B])c1n2-c1ccc(-c2ccccc2)cc1. The molecule has 0 saturated heterocycles. The molecule has 26 radical (unpaired) electrons. The van der Waals surface area contributed by atoms with Crippen LogP contribution in [0.25, 0.3) is 88.4 Å². The number of hydrogen-bond donors (Lipinski definition) is 0. The highest BCUT2D eigenvalue weighted by Gasteiger charge is 2.29. The maximum Gasteiger partial charge on any atom is 0.115 e. The van der Waals surface area contributed by atoms with E-state index in [-0.39, 0.29) is 82.1 Å². The highest BCUT2D eigenvalue weighted by Crippen LogP contribution is 2.37. The molecule has 0 fully saturated rings. The van der Waals surface area contributed by atoms with Crippen LogP contribution in [0.2, 0.25) is 0 Å². The third-order valence-electron chi connectivity index (χ3n) is 12.4. The first-order valence-corrected chi connectivity index (χ1v) is 19.9. The van der Waals surface area contributed by atoms with Gasteiger partial charge in [-0.2, -0.15) is 0 Å². The van der Waals surface area contributed by atoms with Crippen LogP contribution >= 0.6 is 0 Å². The van der Waals surface area contributed by atoms with Gasteiger partial charge in [0.1, 0.15) is 102 Å². The second-order valence-corrected chi connectivity index (χ2v) is 15.7. The fourth-order valence-corrected chi connectivity index (χ4v) is 9.32. The van der Waals surface area contributed by atoms with Gasteiger partial charge < -0.3 is 9.13 Å². The Bertz CT molecular complexity index is 3570. The van der Waals surface area contributed by atoms with Crippen LogP contribution in [0, 0.1) is 0 Å². The Balaban J connectivity index is 1.37. The molecule has 0 unspecified atom stereocenters. The lowest BCUT2D eigenvalue weighted by molar-refractivity contribution is 1.19. The number of nitrogens with zero attached hydrogens (tertiary/aromatic N) is 2. The van der Waals surface area contributed by atoms with E-state index < -0.39 is 0 Å². The van der Waals surface area contributed by atoms with Gasteiger partial charge >= 0.3 is 0 Å². The second-order valence-electron chi connectivity index (χ2n) is 15.7. The molecule has 2 nitrogen and oxygen atoms in total. The molecule has 0 aliphatic heterocycles. The monoisotopic (exact) mass is 766 g/mol. The van der Waals surface area contributed by atoms with Gasteiger partial charge in [-0.05, 0) is 63.0 Å². The number of hydrogen-bond acceptors (Lipinski definition) is 0. The summed E-state index contributed by atoms with van der Waals surface area (Å²) in [5.41, 5.74) is 8.92. The Morgan fingerprint density at radius 3 is 1.03 bits per heavy atom. The van der Waals surface area contributed by atoms with Crippen LogP contribution in [0.1, 0.15) is 0 Å². The number of para-hydroxylation sites is 1. The number of fused-ring (bicyclic) bond motifs is 6. The smallest absolute Gasteiger partial charge is 0.115 e. The van der Waals surface area contributed by atoms with E-state index in [1.165, 1.54) is 0 Å². The second kappa shape index (κ2) is 15.2. The fourth-order valence-electron chi connectivity index (χ4n) is 9.32. The lowest BCUT2D eigenvalue weighted by Gasteiger charge is -2.25. The van der Waals surface area contributed by atoms with Crippen LogP contribution < -0.4 is 71.0 Å². The molecule has 260 valence electrons. The van der Waals surface area contributed by atoms with Crippen LogP contribution in [-0.2, 0) is 0 Å². The Hall–Kier alpha value is -5.80. The van der Waals surface area contributed by atoms with Gasteiger partial charge in [-0.25, -0.2) is 0 Å². The molecule has 0 amide bonds. The van der Waals surface area contributed by atoms with Crippen molar-refractivity contribution in [2.45, 2.75) is 0 Å². The molecule has 0 saturated carbocycles. The zero-order chi connectivity index (χ0) is 44.3. The van der Waals surface area contributed by atoms with Gasteiger partial charge in [0.05, 0.1) is 0 Å². The molecule has 10 aromatic rings. The fraction of sp³-hybridized carbons (Fsp3) is 0. The Labute approximate surface area is 383 Å². The van der Waals surface area contributed by atoms with Gasteiger partial charge in [0.15, 0.2) is 0 Å². The predicted molar refractivity (Wildman–Crippen MR) is 281 cm³/mol. The average molecular weight is 764 g/mol. The van der Waals surface area contributed by atoms with Gasteiger partial charge in [-0.15, -0.1) is 16.4 Å². The molecule has 0 aliphatic rings. The van der Waals surface area contributed by atoms with Gasteiger partial charge in [-0.3, -0.25) is 0 Å². The first kappa shape index (κ1) is 41.2. The largest absolute Gasteiger partial charge is 0.311 e. The molecular formula is C48H19B13N2. The molecule has 63 heavy (non-hydrogen) atoms. The molecule has 0 bridgehead atoms. The zero-order valence-electron chi connectivity index (χ0n) is 33.9. The molecule has 0 spiro atoms. The maximum absolute atomic E-state index is 7.46. The predicted octanol–water partition coefficient (Wildman–Crippen LogP) is -2.80. The van der Waals surface area contributed by atoms with E-state index >= 15 is 0 Å². The van der Waals surface area contributed by atoms with Gasteiger partial charge in [0.2, 0.25) is 0 Å². The van der Waals surface area contributed by atoms with Crippen molar-refractivity contribution in [2.75, 3.05) is 0 Å². The summed E-state index contributed by atoms with van der Waals surface area (Å²) < 4.78 is 3.73. The van der Waals surface area contributed by atoms with Crippen LogP contribution in [0.4, 0.5) is 0 Å². The van der Waals surface area contributed by atoms with Crippen molar-refractivity contribution < 1.29 is 0 Å². The van der Waals surface area contributed by atoms with Crippen LogP contribution in [-0.4, -0.2) is 111 Å². The zero-order valence-corrected chi connectivity index (χ0v) is 33.9. The molecule has 15 heteroatoms. The molecule has 10 rings (SSSR count). The van der Waals surface area contributed by atoms with E-state index in [0.29, 0.717) is 60.5 Å². The minimum Gasteiger partial charge on any atom is -0.311 e. The maximum atomic E-state index is 7.46. The molecule has 0 aliphatic carbocycles. The summed E-state index contributed by atoms with van der Waals surface area (Å²) in [6, 6.07) is 36.9. The summed E-state index contributed by atoms with van der Waals surface area (Å²) in [5, 5.41) is 1.86. The van der Waals surface area contributed by atoms with E-state index in [0.717, 1.165) is 16.7 Å². The van der Waals surface area contributed by atoms with Crippen LogP contribution in [0.3, 0.4) is 0 Å². The van der Waals surface area contributed by atoms with Crippen molar-refractivity contribution in [1.82, 2.24) is 9.13 Å². The van der Waals surface area contributed by atoms with Crippen molar-refractivity contribution in [3.8, 4) is 44.8 Å². The Morgan fingerprint density at radius 2 is 0.540 bits per heavy atom. The van der Waals surface area contributed by atoms with Crippen molar-refractivity contribution in [2.24, 2.45) is 0 Å². The summed E-state index contributed by atoms with van der Waals surface area (Å²) >= 11 is 0. The Kier molecular flexibility index (Phi) is 9.94. The lowest BCUT2D eigenvalue weighted by Crippen LogP contribution is -2.48. The molecule has 2 heterocycles. The Morgan fingerprint density at radius 1 is 0.222 bits per heavy atom. The summed E-state index contributed by atoms with van der Waals surface area (Å²) in [7, 11) is 90.9. The molecular weight excluding hydrogens is 745 g/mol. The number of rotatable bonds is 5. The third-order valence-corrected chi connectivity index (χ3v) is 12.4. The number of benzene rings is 8. The first-order valence-electron chi connectivity index (χ1n) is 19.9. The van der Waals surface area contributed by atoms with Crippen LogP contribution in [0.5, 0.6) is 0 Å². The summed E-state index contributed by atoms with van der Waals surface area (Å²) in [6.07, 6.45) is 0. The summed E-state index contributed by atoms with van der Waals surface area (Å²) in [6.45, 7) is 0. The molecule has 8 aromatic carbocycles. The van der Waals surface area contributed by atoms with Gasteiger partial charge in [0, 0.05) is 49.6 Å². The van der Waals surface area contributed by atoms with E-state index in [1.807, 2.05) is 124 Å². The minimum atomic E-state index is 0.0681. The van der Waals surface area contributed by atoms with E-state index in [4.69, 9.17) is 102 Å². The quantitative estimate of drug-likeness (QED) is 0.168.